The van der Waals surface area contributed by atoms with Crippen LogP contribution in [0.1, 0.15) is 12.5 Å². The average molecular weight is 218 g/mol. The molecule has 2 heterocycles. The van der Waals surface area contributed by atoms with E-state index in [1.165, 1.54) is 0 Å². The molecule has 0 spiro atoms. The van der Waals surface area contributed by atoms with Gasteiger partial charge in [-0.05, 0) is 24.6 Å². The van der Waals surface area contributed by atoms with Crippen LogP contribution in [0.5, 0.6) is 5.88 Å². The molecule has 2 aromatic heterocycles. The van der Waals surface area contributed by atoms with Gasteiger partial charge in [-0.3, -0.25) is 4.98 Å². The van der Waals surface area contributed by atoms with Gasteiger partial charge in [-0.2, -0.15) is 0 Å². The maximum atomic E-state index is 9.41. The third-order valence-corrected chi connectivity index (χ3v) is 2.37. The van der Waals surface area contributed by atoms with Gasteiger partial charge in [-0.25, -0.2) is 4.98 Å². The predicted molar refractivity (Wildman–Crippen MR) is 61.5 cm³/mol. The zero-order valence-electron chi connectivity index (χ0n) is 9.34. The first kappa shape index (κ1) is 10.8. The van der Waals surface area contributed by atoms with E-state index in [9.17, 15) is 5.11 Å². The third-order valence-electron chi connectivity index (χ3n) is 2.37. The molecule has 0 saturated carbocycles. The topological polar surface area (TPSA) is 55.2 Å². The monoisotopic (exact) mass is 218 g/mol. The lowest BCUT2D eigenvalue weighted by Crippen LogP contribution is -2.05. The summed E-state index contributed by atoms with van der Waals surface area (Å²) in [6.45, 7) is 1.76. The zero-order valence-corrected chi connectivity index (χ0v) is 9.34. The Morgan fingerprint density at radius 1 is 1.38 bits per heavy atom. The first-order chi connectivity index (χ1) is 7.70. The Kier molecular flexibility index (Phi) is 3.01. The van der Waals surface area contributed by atoms with Gasteiger partial charge in [0, 0.05) is 18.7 Å². The van der Waals surface area contributed by atoms with Gasteiger partial charge in [0.1, 0.15) is 0 Å². The van der Waals surface area contributed by atoms with Crippen LogP contribution in [0.25, 0.3) is 11.0 Å². The van der Waals surface area contributed by atoms with E-state index in [-0.39, 0.29) is 0 Å². The summed E-state index contributed by atoms with van der Waals surface area (Å²) in [6.07, 6.45) is 1.91. The fraction of sp³-hybridized carbons (Fsp3) is 0.333. The number of fused-ring (bicyclic) bond motifs is 1. The number of nitrogens with zero attached hydrogens (tertiary/aromatic N) is 2. The Labute approximate surface area is 93.9 Å². The molecule has 0 bridgehead atoms. The Bertz CT molecular complexity index is 497. The van der Waals surface area contributed by atoms with Crippen molar-refractivity contribution in [3.8, 4) is 5.88 Å². The molecule has 4 heteroatoms. The maximum Gasteiger partial charge on any atom is 0.213 e. The zero-order chi connectivity index (χ0) is 11.5. The number of ether oxygens (including phenoxy) is 1. The fourth-order valence-electron chi connectivity index (χ4n) is 1.66. The smallest absolute Gasteiger partial charge is 0.213 e. The van der Waals surface area contributed by atoms with Crippen LogP contribution in [0.4, 0.5) is 0 Å². The predicted octanol–water partition coefficient (Wildman–Crippen LogP) is 1.56. The van der Waals surface area contributed by atoms with Crippen molar-refractivity contribution in [2.45, 2.75) is 19.4 Å². The lowest BCUT2D eigenvalue weighted by Gasteiger charge is -2.08. The molecule has 1 unspecified atom stereocenters. The van der Waals surface area contributed by atoms with Crippen molar-refractivity contribution in [2.75, 3.05) is 7.11 Å². The Balaban J connectivity index is 2.55. The van der Waals surface area contributed by atoms with Gasteiger partial charge >= 0.3 is 0 Å². The van der Waals surface area contributed by atoms with Gasteiger partial charge in [-0.1, -0.05) is 0 Å². The molecule has 1 N–H and O–H groups in total. The summed E-state index contributed by atoms with van der Waals surface area (Å²) < 4.78 is 5.08. The van der Waals surface area contributed by atoms with Crippen LogP contribution in [0.3, 0.4) is 0 Å². The third kappa shape index (κ3) is 2.12. The highest BCUT2D eigenvalue weighted by Crippen LogP contribution is 2.19. The summed E-state index contributed by atoms with van der Waals surface area (Å²) in [5.41, 5.74) is 2.60. The molecule has 0 amide bonds. The van der Waals surface area contributed by atoms with Gasteiger partial charge < -0.3 is 9.84 Å². The summed E-state index contributed by atoms with van der Waals surface area (Å²) >= 11 is 0. The lowest BCUT2D eigenvalue weighted by molar-refractivity contribution is 0.196. The molecular weight excluding hydrogens is 204 g/mol. The minimum atomic E-state index is -0.390. The van der Waals surface area contributed by atoms with Crippen LogP contribution in [0.15, 0.2) is 24.4 Å². The van der Waals surface area contributed by atoms with Crippen molar-refractivity contribution in [1.82, 2.24) is 9.97 Å². The molecule has 2 rings (SSSR count). The molecule has 0 aliphatic carbocycles. The van der Waals surface area contributed by atoms with E-state index in [0.717, 1.165) is 16.6 Å². The van der Waals surface area contributed by atoms with Crippen LogP contribution in [-0.4, -0.2) is 28.3 Å². The molecule has 2 aromatic rings. The number of hydrogen-bond donors (Lipinski definition) is 1. The Hall–Kier alpha value is -1.68. The Morgan fingerprint density at radius 3 is 2.88 bits per heavy atom. The lowest BCUT2D eigenvalue weighted by atomic mass is 10.1. The second-order valence-corrected chi connectivity index (χ2v) is 3.74. The molecule has 0 fully saturated rings. The summed E-state index contributed by atoms with van der Waals surface area (Å²) in [6, 6.07) is 5.52. The molecule has 16 heavy (non-hydrogen) atoms. The van der Waals surface area contributed by atoms with Crippen LogP contribution in [0.2, 0.25) is 0 Å². The largest absolute Gasteiger partial charge is 0.481 e. The minimum Gasteiger partial charge on any atom is -0.481 e. The van der Waals surface area contributed by atoms with Gasteiger partial charge in [0.15, 0.2) is 0 Å². The van der Waals surface area contributed by atoms with Crippen molar-refractivity contribution in [3.63, 3.8) is 0 Å². The quantitative estimate of drug-likeness (QED) is 0.849. The van der Waals surface area contributed by atoms with Crippen LogP contribution in [0, 0.1) is 0 Å². The Morgan fingerprint density at radius 2 is 2.19 bits per heavy atom. The standard InChI is InChI=1S/C12H14N2O2/c1-8(15)7-9-5-6-13-10-3-4-11(16-2)14-12(9)10/h3-6,8,15H,7H2,1-2H3. The van der Waals surface area contributed by atoms with Crippen molar-refractivity contribution in [1.29, 1.82) is 0 Å². The molecule has 4 nitrogen and oxygen atoms in total. The van der Waals surface area contributed by atoms with Crippen molar-refractivity contribution < 1.29 is 9.84 Å². The summed E-state index contributed by atoms with van der Waals surface area (Å²) in [7, 11) is 1.58. The number of pyridine rings is 2. The van der Waals surface area contributed by atoms with Crippen molar-refractivity contribution in [3.05, 3.63) is 30.0 Å². The van der Waals surface area contributed by atoms with E-state index >= 15 is 0 Å². The van der Waals surface area contributed by atoms with Crippen molar-refractivity contribution >= 4 is 11.0 Å². The van der Waals surface area contributed by atoms with E-state index in [1.807, 2.05) is 12.1 Å². The summed E-state index contributed by atoms with van der Waals surface area (Å²) in [5, 5.41) is 9.41. The van der Waals surface area contributed by atoms with Gasteiger partial charge in [0.25, 0.3) is 0 Å². The van der Waals surface area contributed by atoms with Gasteiger partial charge in [-0.15, -0.1) is 0 Å². The number of hydrogen-bond acceptors (Lipinski definition) is 4. The van der Waals surface area contributed by atoms with Crippen LogP contribution < -0.4 is 4.74 Å². The summed E-state index contributed by atoms with van der Waals surface area (Å²) in [4.78, 5) is 8.58. The second kappa shape index (κ2) is 4.45. The highest BCUT2D eigenvalue weighted by atomic mass is 16.5. The number of aliphatic hydroxyl groups excluding tert-OH is 1. The second-order valence-electron chi connectivity index (χ2n) is 3.74. The number of aromatic nitrogens is 2. The number of rotatable bonds is 3. The molecule has 0 saturated heterocycles. The average Bonchev–Trinajstić information content (AvgIpc) is 2.28. The van der Waals surface area contributed by atoms with E-state index < -0.39 is 6.10 Å². The first-order valence-corrected chi connectivity index (χ1v) is 5.17. The molecule has 0 aromatic carbocycles. The fourth-order valence-corrected chi connectivity index (χ4v) is 1.66. The minimum absolute atomic E-state index is 0.390. The maximum absolute atomic E-state index is 9.41. The number of aliphatic hydroxyl groups is 1. The SMILES string of the molecule is COc1ccc2nccc(CC(C)O)c2n1. The van der Waals surface area contributed by atoms with E-state index in [2.05, 4.69) is 9.97 Å². The summed E-state index contributed by atoms with van der Waals surface area (Å²) in [5.74, 6) is 0.562. The van der Waals surface area contributed by atoms with Crippen LogP contribution >= 0.6 is 0 Å². The highest BCUT2D eigenvalue weighted by Gasteiger charge is 2.07. The number of methoxy groups -OCH3 is 1. The van der Waals surface area contributed by atoms with Gasteiger partial charge in [0.2, 0.25) is 5.88 Å². The normalized spacial score (nSPS) is 12.7. The molecule has 0 radical (unpaired) electrons. The van der Waals surface area contributed by atoms with E-state index in [1.54, 1.807) is 26.3 Å². The molecule has 1 atom stereocenters. The van der Waals surface area contributed by atoms with E-state index in [0.29, 0.717) is 12.3 Å². The highest BCUT2D eigenvalue weighted by molar-refractivity contribution is 5.78. The van der Waals surface area contributed by atoms with Crippen LogP contribution in [-0.2, 0) is 6.42 Å². The molecule has 0 aliphatic heterocycles. The van der Waals surface area contributed by atoms with Crippen molar-refractivity contribution in [2.24, 2.45) is 0 Å². The molecule has 0 aliphatic rings. The van der Waals surface area contributed by atoms with Gasteiger partial charge in [0.05, 0.1) is 24.2 Å². The molecule has 84 valence electrons. The van der Waals surface area contributed by atoms with E-state index in [4.69, 9.17) is 4.74 Å². The molecular formula is C12H14N2O2. The first-order valence-electron chi connectivity index (χ1n) is 5.17.